The average molecular weight is 366 g/mol. The molecule has 1 heterocycles. The molecule has 0 amide bonds. The maximum absolute atomic E-state index is 6.07. The molecular formula is C23H26O4. The lowest BCUT2D eigenvalue weighted by Gasteiger charge is -2.32. The molecule has 0 fully saturated rings. The summed E-state index contributed by atoms with van der Waals surface area (Å²) >= 11 is 0. The van der Waals surface area contributed by atoms with Crippen LogP contribution in [-0.2, 0) is 32.2 Å². The Morgan fingerprint density at radius 1 is 0.852 bits per heavy atom. The minimum absolute atomic E-state index is 0.190. The molecule has 0 aromatic heterocycles. The van der Waals surface area contributed by atoms with Gasteiger partial charge < -0.3 is 18.9 Å². The highest BCUT2D eigenvalue weighted by Gasteiger charge is 2.28. The summed E-state index contributed by atoms with van der Waals surface area (Å²) in [7, 11) is 0. The third kappa shape index (κ3) is 6.45. The summed E-state index contributed by atoms with van der Waals surface area (Å²) in [5.74, 6) is 0. The molecule has 1 aliphatic heterocycles. The summed E-state index contributed by atoms with van der Waals surface area (Å²) in [6.45, 7) is 5.58. The third-order valence-electron chi connectivity index (χ3n) is 4.19. The smallest absolute Gasteiger partial charge is 0.177 e. The van der Waals surface area contributed by atoms with Crippen LogP contribution in [0.15, 0.2) is 85.5 Å². The van der Waals surface area contributed by atoms with Gasteiger partial charge in [0.05, 0.1) is 26.4 Å². The second-order valence-electron chi connectivity index (χ2n) is 6.31. The molecule has 0 unspecified atom stereocenters. The molecule has 27 heavy (non-hydrogen) atoms. The van der Waals surface area contributed by atoms with Gasteiger partial charge in [-0.2, -0.15) is 0 Å². The van der Waals surface area contributed by atoms with E-state index in [2.05, 4.69) is 6.58 Å². The quantitative estimate of drug-likeness (QED) is 0.589. The molecule has 1 aliphatic rings. The van der Waals surface area contributed by atoms with Crippen LogP contribution in [0.25, 0.3) is 0 Å². The molecule has 2 aromatic rings. The second-order valence-corrected chi connectivity index (χ2v) is 6.31. The third-order valence-corrected chi connectivity index (χ3v) is 4.19. The van der Waals surface area contributed by atoms with Crippen LogP contribution in [0, 0.1) is 0 Å². The fraction of sp³-hybridized carbons (Fsp3) is 0.304. The van der Waals surface area contributed by atoms with Gasteiger partial charge in [-0.1, -0.05) is 72.8 Å². The van der Waals surface area contributed by atoms with Gasteiger partial charge >= 0.3 is 0 Å². The highest BCUT2D eigenvalue weighted by atomic mass is 16.7. The lowest BCUT2D eigenvalue weighted by Crippen LogP contribution is -2.41. The number of ether oxygens (including phenoxy) is 4. The molecule has 0 spiro atoms. The fourth-order valence-electron chi connectivity index (χ4n) is 2.81. The van der Waals surface area contributed by atoms with E-state index in [9.17, 15) is 0 Å². The SMILES string of the molecule is C=CCO[C@@H]1C=C[C@H](OCc2ccccc2)[C@@H](COCc2ccccc2)O1. The molecule has 0 aliphatic carbocycles. The van der Waals surface area contributed by atoms with Crippen molar-refractivity contribution < 1.29 is 18.9 Å². The van der Waals surface area contributed by atoms with Crippen LogP contribution in [0.1, 0.15) is 11.1 Å². The van der Waals surface area contributed by atoms with Crippen molar-refractivity contribution >= 4 is 0 Å². The Bertz CT molecular complexity index is 699. The van der Waals surface area contributed by atoms with Gasteiger partial charge in [0.1, 0.15) is 12.2 Å². The van der Waals surface area contributed by atoms with E-state index in [1.807, 2.05) is 72.8 Å². The maximum Gasteiger partial charge on any atom is 0.177 e. The van der Waals surface area contributed by atoms with Crippen molar-refractivity contribution in [2.24, 2.45) is 0 Å². The Kier molecular flexibility index (Phi) is 7.81. The maximum atomic E-state index is 6.07. The van der Waals surface area contributed by atoms with E-state index < -0.39 is 6.29 Å². The molecule has 0 saturated heterocycles. The summed E-state index contributed by atoms with van der Waals surface area (Å²) in [6.07, 6.45) is 4.74. The zero-order valence-electron chi connectivity index (χ0n) is 15.4. The molecule has 4 nitrogen and oxygen atoms in total. The Morgan fingerprint density at radius 3 is 2.19 bits per heavy atom. The van der Waals surface area contributed by atoms with Crippen molar-refractivity contribution in [2.75, 3.05) is 13.2 Å². The zero-order chi connectivity index (χ0) is 18.7. The largest absolute Gasteiger partial charge is 0.374 e. The Labute approximate surface area is 161 Å². The van der Waals surface area contributed by atoms with Crippen LogP contribution >= 0.6 is 0 Å². The average Bonchev–Trinajstić information content (AvgIpc) is 2.73. The summed E-state index contributed by atoms with van der Waals surface area (Å²) in [6, 6.07) is 20.2. The van der Waals surface area contributed by atoms with Crippen LogP contribution in [0.5, 0.6) is 0 Å². The van der Waals surface area contributed by atoms with E-state index in [-0.39, 0.29) is 12.2 Å². The summed E-state index contributed by atoms with van der Waals surface area (Å²) in [5, 5.41) is 0. The normalized spacial score (nSPS) is 21.9. The van der Waals surface area contributed by atoms with Crippen LogP contribution in [0.3, 0.4) is 0 Å². The Balaban J connectivity index is 1.56. The summed E-state index contributed by atoms with van der Waals surface area (Å²) in [4.78, 5) is 0. The van der Waals surface area contributed by atoms with Crippen molar-refractivity contribution in [1.29, 1.82) is 0 Å². The van der Waals surface area contributed by atoms with Crippen LogP contribution < -0.4 is 0 Å². The summed E-state index contributed by atoms with van der Waals surface area (Å²) in [5.41, 5.74) is 2.25. The van der Waals surface area contributed by atoms with E-state index in [0.29, 0.717) is 26.4 Å². The van der Waals surface area contributed by atoms with Crippen LogP contribution in [0.2, 0.25) is 0 Å². The number of hydrogen-bond donors (Lipinski definition) is 0. The fourth-order valence-corrected chi connectivity index (χ4v) is 2.81. The first-order valence-corrected chi connectivity index (χ1v) is 9.18. The molecule has 2 aromatic carbocycles. The molecule has 0 saturated carbocycles. The first kappa shape index (κ1) is 19.5. The molecule has 4 heteroatoms. The lowest BCUT2D eigenvalue weighted by atomic mass is 10.1. The predicted octanol–water partition coefficient (Wildman–Crippen LogP) is 4.27. The Hall–Kier alpha value is -2.24. The minimum Gasteiger partial charge on any atom is -0.374 e. The first-order chi connectivity index (χ1) is 13.3. The molecule has 0 bridgehead atoms. The van der Waals surface area contributed by atoms with Crippen molar-refractivity contribution in [3.05, 3.63) is 96.6 Å². The molecule has 0 N–H and O–H groups in total. The Morgan fingerprint density at radius 2 is 1.52 bits per heavy atom. The summed E-state index contributed by atoms with van der Waals surface area (Å²) < 4.78 is 23.6. The van der Waals surface area contributed by atoms with E-state index in [0.717, 1.165) is 11.1 Å². The zero-order valence-corrected chi connectivity index (χ0v) is 15.4. The number of hydrogen-bond acceptors (Lipinski definition) is 4. The topological polar surface area (TPSA) is 36.9 Å². The molecule has 0 radical (unpaired) electrons. The molecule has 142 valence electrons. The molecule has 3 atom stereocenters. The van der Waals surface area contributed by atoms with E-state index in [4.69, 9.17) is 18.9 Å². The van der Waals surface area contributed by atoms with Gasteiger partial charge in [0, 0.05) is 0 Å². The molecular weight excluding hydrogens is 340 g/mol. The van der Waals surface area contributed by atoms with Crippen LogP contribution in [-0.4, -0.2) is 31.7 Å². The van der Waals surface area contributed by atoms with Gasteiger partial charge in [-0.25, -0.2) is 0 Å². The van der Waals surface area contributed by atoms with E-state index >= 15 is 0 Å². The van der Waals surface area contributed by atoms with Gasteiger partial charge in [-0.3, -0.25) is 0 Å². The monoisotopic (exact) mass is 366 g/mol. The van der Waals surface area contributed by atoms with Crippen molar-refractivity contribution in [1.82, 2.24) is 0 Å². The van der Waals surface area contributed by atoms with Gasteiger partial charge in [0.15, 0.2) is 6.29 Å². The minimum atomic E-state index is -0.412. The second kappa shape index (κ2) is 10.8. The van der Waals surface area contributed by atoms with Crippen molar-refractivity contribution in [3.8, 4) is 0 Å². The van der Waals surface area contributed by atoms with Crippen molar-refractivity contribution in [3.63, 3.8) is 0 Å². The highest BCUT2D eigenvalue weighted by Crippen LogP contribution is 2.19. The van der Waals surface area contributed by atoms with E-state index in [1.54, 1.807) is 6.08 Å². The van der Waals surface area contributed by atoms with Gasteiger partial charge in [-0.05, 0) is 17.2 Å². The highest BCUT2D eigenvalue weighted by molar-refractivity contribution is 5.14. The molecule has 3 rings (SSSR count). The van der Waals surface area contributed by atoms with Gasteiger partial charge in [0.25, 0.3) is 0 Å². The van der Waals surface area contributed by atoms with Crippen molar-refractivity contribution in [2.45, 2.75) is 31.7 Å². The predicted molar refractivity (Wildman–Crippen MR) is 105 cm³/mol. The number of rotatable bonds is 10. The standard InChI is InChI=1S/C23H26O4/c1-2-15-25-23-14-13-21(26-17-20-11-7-4-8-12-20)22(27-23)18-24-16-19-9-5-3-6-10-19/h2-14,21-23H,1,15-18H2/t21-,22+,23-/m0/s1. The number of benzene rings is 2. The van der Waals surface area contributed by atoms with Crippen LogP contribution in [0.4, 0.5) is 0 Å². The van der Waals surface area contributed by atoms with Gasteiger partial charge in [-0.15, -0.1) is 6.58 Å². The first-order valence-electron chi connectivity index (χ1n) is 9.18. The van der Waals surface area contributed by atoms with E-state index in [1.165, 1.54) is 0 Å². The van der Waals surface area contributed by atoms with Gasteiger partial charge in [0.2, 0.25) is 0 Å². The lowest BCUT2D eigenvalue weighted by molar-refractivity contribution is -0.191.